The minimum absolute atomic E-state index is 0.0472. The van der Waals surface area contributed by atoms with Gasteiger partial charge in [0.25, 0.3) is 5.91 Å². The zero-order chi connectivity index (χ0) is 24.6. The number of aryl methyl sites for hydroxylation is 1. The molecule has 6 rings (SSSR count). The number of hydrogen-bond acceptors (Lipinski definition) is 6. The minimum atomic E-state index is 0.0472. The van der Waals surface area contributed by atoms with Gasteiger partial charge in [-0.1, -0.05) is 18.2 Å². The molecular weight excluding hydrogens is 450 g/mol. The SMILES string of the molecule is Cc1nn(-c2ccccn2)c2nc(C3CC3)cc(C(=O)N3CCN(Cc4ccc(C#N)cc4)CC3)c12. The maximum atomic E-state index is 13.8. The fraction of sp³-hybridized carbons (Fsp3) is 0.321. The van der Waals surface area contributed by atoms with E-state index in [9.17, 15) is 4.79 Å². The Balaban J connectivity index is 1.26. The number of aromatic nitrogens is 4. The van der Waals surface area contributed by atoms with Gasteiger partial charge in [0.05, 0.1) is 28.3 Å². The standard InChI is InChI=1S/C28H27N7O/c1-19-26-23(16-24(22-9-10-22)31-27(26)35(32-19)25-4-2-3-11-30-25)28(36)34-14-12-33(13-15-34)18-21-7-5-20(17-29)6-8-21/h2-8,11,16,22H,9-10,12-15,18H2,1H3. The lowest BCUT2D eigenvalue weighted by Gasteiger charge is -2.35. The first-order chi connectivity index (χ1) is 17.6. The third-order valence-electron chi connectivity index (χ3n) is 7.07. The van der Waals surface area contributed by atoms with Crippen molar-refractivity contribution >= 4 is 16.9 Å². The first kappa shape index (κ1) is 22.4. The fourth-order valence-corrected chi connectivity index (χ4v) is 4.93. The molecule has 4 heterocycles. The van der Waals surface area contributed by atoms with Crippen molar-refractivity contribution in [3.63, 3.8) is 0 Å². The summed E-state index contributed by atoms with van der Waals surface area (Å²) in [5, 5.41) is 14.6. The number of rotatable bonds is 5. The van der Waals surface area contributed by atoms with Gasteiger partial charge in [-0.15, -0.1) is 0 Å². The highest BCUT2D eigenvalue weighted by atomic mass is 16.2. The minimum Gasteiger partial charge on any atom is -0.336 e. The summed E-state index contributed by atoms with van der Waals surface area (Å²) >= 11 is 0. The van der Waals surface area contributed by atoms with E-state index < -0.39 is 0 Å². The molecule has 3 aromatic heterocycles. The van der Waals surface area contributed by atoms with Gasteiger partial charge in [0.15, 0.2) is 11.5 Å². The number of amides is 1. The van der Waals surface area contributed by atoms with Crippen molar-refractivity contribution in [3.05, 3.63) is 82.8 Å². The Hall–Kier alpha value is -4.09. The van der Waals surface area contributed by atoms with Crippen LogP contribution in [0.3, 0.4) is 0 Å². The van der Waals surface area contributed by atoms with Crippen molar-refractivity contribution in [2.75, 3.05) is 26.2 Å². The van der Waals surface area contributed by atoms with E-state index in [1.54, 1.807) is 10.9 Å². The second kappa shape index (κ2) is 9.17. The van der Waals surface area contributed by atoms with Gasteiger partial charge in [-0.2, -0.15) is 15.0 Å². The molecule has 1 aliphatic heterocycles. The molecule has 0 bridgehead atoms. The molecule has 8 heteroatoms. The smallest absolute Gasteiger partial charge is 0.254 e. The molecule has 2 aliphatic rings. The summed E-state index contributed by atoms with van der Waals surface area (Å²) in [5.74, 6) is 1.16. The van der Waals surface area contributed by atoms with Crippen LogP contribution in [0.5, 0.6) is 0 Å². The van der Waals surface area contributed by atoms with Crippen molar-refractivity contribution in [2.45, 2.75) is 32.2 Å². The number of nitriles is 1. The van der Waals surface area contributed by atoms with Crippen LogP contribution in [0.15, 0.2) is 54.7 Å². The van der Waals surface area contributed by atoms with Crippen molar-refractivity contribution in [3.8, 4) is 11.9 Å². The number of pyridine rings is 2. The van der Waals surface area contributed by atoms with Gasteiger partial charge in [0.2, 0.25) is 0 Å². The first-order valence-corrected chi connectivity index (χ1v) is 12.4. The summed E-state index contributed by atoms with van der Waals surface area (Å²) < 4.78 is 1.77. The molecule has 1 aliphatic carbocycles. The van der Waals surface area contributed by atoms with E-state index in [4.69, 9.17) is 15.3 Å². The number of nitrogens with zero attached hydrogens (tertiary/aromatic N) is 7. The Morgan fingerprint density at radius 3 is 2.53 bits per heavy atom. The van der Waals surface area contributed by atoms with Crippen LogP contribution in [0, 0.1) is 18.3 Å². The second-order valence-corrected chi connectivity index (χ2v) is 9.63. The third-order valence-corrected chi connectivity index (χ3v) is 7.07. The highest BCUT2D eigenvalue weighted by Gasteiger charge is 2.31. The largest absolute Gasteiger partial charge is 0.336 e. The van der Waals surface area contributed by atoms with Crippen LogP contribution in [0.25, 0.3) is 16.9 Å². The van der Waals surface area contributed by atoms with E-state index >= 15 is 0 Å². The van der Waals surface area contributed by atoms with Crippen LogP contribution >= 0.6 is 0 Å². The molecule has 0 spiro atoms. The number of hydrogen-bond donors (Lipinski definition) is 0. The lowest BCUT2D eigenvalue weighted by Crippen LogP contribution is -2.48. The third kappa shape index (κ3) is 4.23. The molecule has 0 radical (unpaired) electrons. The highest BCUT2D eigenvalue weighted by Crippen LogP contribution is 2.41. The Morgan fingerprint density at radius 2 is 1.86 bits per heavy atom. The molecule has 1 amide bonds. The van der Waals surface area contributed by atoms with Gasteiger partial charge in [0, 0.05) is 50.5 Å². The van der Waals surface area contributed by atoms with Crippen LogP contribution < -0.4 is 0 Å². The molecule has 0 unspecified atom stereocenters. The Kier molecular flexibility index (Phi) is 5.70. The number of carbonyl (C=O) groups excluding carboxylic acids is 1. The van der Waals surface area contributed by atoms with E-state index in [-0.39, 0.29) is 5.91 Å². The molecule has 1 saturated heterocycles. The Morgan fingerprint density at radius 1 is 1.08 bits per heavy atom. The van der Waals surface area contributed by atoms with Gasteiger partial charge >= 0.3 is 0 Å². The molecule has 180 valence electrons. The van der Waals surface area contributed by atoms with Gasteiger partial charge < -0.3 is 4.90 Å². The zero-order valence-corrected chi connectivity index (χ0v) is 20.3. The summed E-state index contributed by atoms with van der Waals surface area (Å²) in [6.45, 7) is 5.71. The van der Waals surface area contributed by atoms with Crippen molar-refractivity contribution in [1.82, 2.24) is 29.5 Å². The second-order valence-electron chi connectivity index (χ2n) is 9.63. The van der Waals surface area contributed by atoms with Crippen molar-refractivity contribution in [2.24, 2.45) is 0 Å². The summed E-state index contributed by atoms with van der Waals surface area (Å²) in [5.41, 5.74) is 5.01. The van der Waals surface area contributed by atoms with Crippen molar-refractivity contribution in [1.29, 1.82) is 5.26 Å². The molecule has 0 N–H and O–H groups in total. The highest BCUT2D eigenvalue weighted by molar-refractivity contribution is 6.06. The first-order valence-electron chi connectivity index (χ1n) is 12.4. The van der Waals surface area contributed by atoms with Crippen LogP contribution in [-0.2, 0) is 6.54 Å². The average molecular weight is 478 g/mol. The van der Waals surface area contributed by atoms with Gasteiger partial charge in [-0.05, 0) is 55.7 Å². The van der Waals surface area contributed by atoms with Crippen molar-refractivity contribution < 1.29 is 4.79 Å². The molecule has 0 atom stereocenters. The number of fused-ring (bicyclic) bond motifs is 1. The molecule has 36 heavy (non-hydrogen) atoms. The molecule has 8 nitrogen and oxygen atoms in total. The Bertz CT molecular complexity index is 1460. The zero-order valence-electron chi connectivity index (χ0n) is 20.3. The van der Waals surface area contributed by atoms with E-state index in [0.29, 0.717) is 41.6 Å². The maximum Gasteiger partial charge on any atom is 0.254 e. The normalized spacial score (nSPS) is 16.3. The predicted molar refractivity (Wildman–Crippen MR) is 136 cm³/mol. The van der Waals surface area contributed by atoms with Gasteiger partial charge in [-0.3, -0.25) is 9.69 Å². The maximum absolute atomic E-state index is 13.8. The summed E-state index contributed by atoms with van der Waals surface area (Å²) in [7, 11) is 0. The van der Waals surface area contributed by atoms with E-state index in [1.165, 1.54) is 5.56 Å². The predicted octanol–water partition coefficient (Wildman–Crippen LogP) is 3.83. The number of piperazine rings is 1. The monoisotopic (exact) mass is 477 g/mol. The molecule has 1 saturated carbocycles. The fourth-order valence-electron chi connectivity index (χ4n) is 4.93. The van der Waals surface area contributed by atoms with E-state index in [0.717, 1.165) is 49.2 Å². The van der Waals surface area contributed by atoms with Crippen LogP contribution in [-0.4, -0.2) is 61.6 Å². The summed E-state index contributed by atoms with van der Waals surface area (Å²) in [6, 6.07) is 17.6. The van der Waals surface area contributed by atoms with E-state index in [1.807, 2.05) is 60.4 Å². The Labute approximate surface area is 209 Å². The average Bonchev–Trinajstić information content (AvgIpc) is 3.72. The van der Waals surface area contributed by atoms with E-state index in [2.05, 4.69) is 16.0 Å². The van der Waals surface area contributed by atoms with Gasteiger partial charge in [0.1, 0.15) is 0 Å². The molecule has 2 fully saturated rings. The van der Waals surface area contributed by atoms with Crippen LogP contribution in [0.1, 0.15) is 51.6 Å². The lowest BCUT2D eigenvalue weighted by atomic mass is 10.1. The summed E-state index contributed by atoms with van der Waals surface area (Å²) in [4.78, 5) is 27.6. The van der Waals surface area contributed by atoms with Crippen LogP contribution in [0.4, 0.5) is 0 Å². The van der Waals surface area contributed by atoms with Crippen LogP contribution in [0.2, 0.25) is 0 Å². The quantitative estimate of drug-likeness (QED) is 0.434. The number of carbonyl (C=O) groups is 1. The molecule has 4 aromatic rings. The lowest BCUT2D eigenvalue weighted by molar-refractivity contribution is 0.0630. The topological polar surface area (TPSA) is 90.9 Å². The van der Waals surface area contributed by atoms with Gasteiger partial charge in [-0.25, -0.2) is 9.97 Å². The molecular formula is C28H27N7O. The summed E-state index contributed by atoms with van der Waals surface area (Å²) in [6.07, 6.45) is 3.96. The molecule has 1 aromatic carbocycles. The number of benzene rings is 1.